The molecule has 17 heavy (non-hydrogen) atoms. The maximum Gasteiger partial charge on any atom is 0.219 e. The number of nitrogens with zero attached hydrogens (tertiary/aromatic N) is 1. The minimum atomic E-state index is -3.63. The molecule has 0 aromatic rings. The topological polar surface area (TPSA) is 97.5 Å². The maximum atomic E-state index is 12.1. The summed E-state index contributed by atoms with van der Waals surface area (Å²) in [6.07, 6.45) is 1.07. The summed E-state index contributed by atoms with van der Waals surface area (Å²) < 4.78 is 48.6. The number of thioether (sulfide) groups is 1. The van der Waals surface area contributed by atoms with Crippen molar-refractivity contribution < 1.29 is 16.8 Å². The number of hydrogen-bond donors (Lipinski definition) is 1. The highest BCUT2D eigenvalue weighted by atomic mass is 32.2. The minimum Gasteiger partial charge on any atom is -0.329 e. The highest BCUT2D eigenvalue weighted by molar-refractivity contribution is 8.01. The SMILES string of the molecule is CC(CN)S(=O)(=O)N1CCSCC1S(C)(=O)=O. The van der Waals surface area contributed by atoms with E-state index in [-0.39, 0.29) is 18.8 Å². The van der Waals surface area contributed by atoms with Crippen molar-refractivity contribution in [1.29, 1.82) is 0 Å². The van der Waals surface area contributed by atoms with Crippen LogP contribution in [-0.4, -0.2) is 62.6 Å². The molecule has 0 amide bonds. The molecule has 1 fully saturated rings. The van der Waals surface area contributed by atoms with Crippen LogP contribution in [0.2, 0.25) is 0 Å². The van der Waals surface area contributed by atoms with Gasteiger partial charge in [0.15, 0.2) is 9.84 Å². The third-order valence-corrected chi connectivity index (χ3v) is 7.78. The van der Waals surface area contributed by atoms with Gasteiger partial charge in [-0.15, -0.1) is 0 Å². The molecule has 0 aromatic carbocycles. The first-order chi connectivity index (χ1) is 7.71. The van der Waals surface area contributed by atoms with Gasteiger partial charge in [-0.3, -0.25) is 0 Å². The average molecular weight is 302 g/mol. The molecule has 2 unspecified atom stereocenters. The van der Waals surface area contributed by atoms with Crippen molar-refractivity contribution in [3.05, 3.63) is 0 Å². The van der Waals surface area contributed by atoms with Crippen molar-refractivity contribution in [2.75, 3.05) is 30.9 Å². The van der Waals surface area contributed by atoms with E-state index in [1.165, 1.54) is 18.7 Å². The normalized spacial score (nSPS) is 25.7. The smallest absolute Gasteiger partial charge is 0.219 e. The van der Waals surface area contributed by atoms with Crippen LogP contribution in [0.3, 0.4) is 0 Å². The third kappa shape index (κ3) is 3.34. The van der Waals surface area contributed by atoms with Gasteiger partial charge in [0.1, 0.15) is 5.37 Å². The lowest BCUT2D eigenvalue weighted by Crippen LogP contribution is -2.53. The third-order valence-electron chi connectivity index (χ3n) is 2.70. The van der Waals surface area contributed by atoms with Crippen LogP contribution in [0.25, 0.3) is 0 Å². The zero-order chi connectivity index (χ0) is 13.3. The molecule has 0 saturated carbocycles. The van der Waals surface area contributed by atoms with Crippen molar-refractivity contribution in [3.63, 3.8) is 0 Å². The summed E-state index contributed by atoms with van der Waals surface area (Å²) in [5.74, 6) is 0.901. The Morgan fingerprint density at radius 1 is 1.41 bits per heavy atom. The van der Waals surface area contributed by atoms with Gasteiger partial charge in [0.05, 0.1) is 5.25 Å². The zero-order valence-electron chi connectivity index (χ0n) is 9.87. The zero-order valence-corrected chi connectivity index (χ0v) is 12.3. The average Bonchev–Trinajstić information content (AvgIpc) is 2.26. The van der Waals surface area contributed by atoms with E-state index in [4.69, 9.17) is 5.73 Å². The molecule has 9 heteroatoms. The molecule has 1 aliphatic rings. The van der Waals surface area contributed by atoms with Crippen LogP contribution in [0.4, 0.5) is 0 Å². The molecule has 2 atom stereocenters. The van der Waals surface area contributed by atoms with E-state index < -0.39 is 30.5 Å². The van der Waals surface area contributed by atoms with E-state index >= 15 is 0 Å². The molecular formula is C8H18N2O4S3. The number of sulfonamides is 1. The van der Waals surface area contributed by atoms with Gasteiger partial charge in [0.25, 0.3) is 0 Å². The molecule has 102 valence electrons. The first-order valence-corrected chi connectivity index (χ1v) is 9.80. The highest BCUT2D eigenvalue weighted by Gasteiger charge is 2.40. The standard InChI is InChI=1S/C8H18N2O4S3/c1-7(5-9)17(13,14)10-3-4-15-6-8(10)16(2,11)12/h7-8H,3-6,9H2,1-2H3. The lowest BCUT2D eigenvalue weighted by molar-refractivity contribution is 0.399. The lowest BCUT2D eigenvalue weighted by Gasteiger charge is -2.34. The predicted octanol–water partition coefficient (Wildman–Crippen LogP) is -0.917. The van der Waals surface area contributed by atoms with Crippen LogP contribution >= 0.6 is 11.8 Å². The summed E-state index contributed by atoms with van der Waals surface area (Å²) in [5.41, 5.74) is 5.36. The van der Waals surface area contributed by atoms with Crippen LogP contribution in [0.1, 0.15) is 6.92 Å². The number of hydrogen-bond acceptors (Lipinski definition) is 6. The van der Waals surface area contributed by atoms with Crippen LogP contribution in [-0.2, 0) is 19.9 Å². The van der Waals surface area contributed by atoms with Crippen molar-refractivity contribution in [2.45, 2.75) is 17.5 Å². The number of rotatable bonds is 4. The first kappa shape index (κ1) is 15.2. The Hall–Kier alpha value is 0.170. The summed E-state index contributed by atoms with van der Waals surface area (Å²) in [7, 11) is -7.04. The van der Waals surface area contributed by atoms with E-state index in [1.807, 2.05) is 0 Å². The van der Waals surface area contributed by atoms with Gasteiger partial charge in [-0.1, -0.05) is 0 Å². The molecule has 6 nitrogen and oxygen atoms in total. The van der Waals surface area contributed by atoms with E-state index in [0.717, 1.165) is 10.6 Å². The van der Waals surface area contributed by atoms with Gasteiger partial charge < -0.3 is 5.73 Å². The Balaban J connectivity index is 3.09. The second kappa shape index (κ2) is 5.43. The Morgan fingerprint density at radius 2 is 2.00 bits per heavy atom. The van der Waals surface area contributed by atoms with Crippen molar-refractivity contribution in [1.82, 2.24) is 4.31 Å². The summed E-state index contributed by atoms with van der Waals surface area (Å²) in [6.45, 7) is 1.72. The molecule has 0 aliphatic carbocycles. The maximum absolute atomic E-state index is 12.1. The highest BCUT2D eigenvalue weighted by Crippen LogP contribution is 2.24. The molecule has 0 aromatic heterocycles. The predicted molar refractivity (Wildman–Crippen MR) is 70.1 cm³/mol. The van der Waals surface area contributed by atoms with Gasteiger partial charge in [-0.25, -0.2) is 16.8 Å². The molecule has 0 bridgehead atoms. The fourth-order valence-electron chi connectivity index (χ4n) is 1.55. The number of sulfone groups is 1. The fourth-order valence-corrected chi connectivity index (χ4v) is 6.72. The molecule has 1 aliphatic heterocycles. The molecule has 2 N–H and O–H groups in total. The Morgan fingerprint density at radius 3 is 2.47 bits per heavy atom. The molecular weight excluding hydrogens is 284 g/mol. The fraction of sp³-hybridized carbons (Fsp3) is 1.00. The van der Waals surface area contributed by atoms with Gasteiger partial charge in [-0.05, 0) is 6.92 Å². The lowest BCUT2D eigenvalue weighted by atomic mass is 10.5. The minimum absolute atomic E-state index is 0.0115. The molecule has 0 radical (unpaired) electrons. The molecule has 0 spiro atoms. The monoisotopic (exact) mass is 302 g/mol. The number of nitrogens with two attached hydrogens (primary N) is 1. The van der Waals surface area contributed by atoms with Crippen molar-refractivity contribution >= 4 is 31.6 Å². The van der Waals surface area contributed by atoms with Crippen LogP contribution in [0.5, 0.6) is 0 Å². The second-order valence-electron chi connectivity index (χ2n) is 4.06. The quantitative estimate of drug-likeness (QED) is 0.721. The van der Waals surface area contributed by atoms with Crippen LogP contribution in [0, 0.1) is 0 Å². The second-order valence-corrected chi connectivity index (χ2v) is 9.72. The van der Waals surface area contributed by atoms with Crippen LogP contribution in [0.15, 0.2) is 0 Å². The summed E-state index contributed by atoms with van der Waals surface area (Å²) in [4.78, 5) is 0. The van der Waals surface area contributed by atoms with E-state index in [9.17, 15) is 16.8 Å². The largest absolute Gasteiger partial charge is 0.329 e. The van der Waals surface area contributed by atoms with Crippen LogP contribution < -0.4 is 5.73 Å². The van der Waals surface area contributed by atoms with Crippen molar-refractivity contribution in [3.8, 4) is 0 Å². The first-order valence-electron chi connectivity index (χ1n) is 5.18. The Labute approximate surface area is 107 Å². The summed E-state index contributed by atoms with van der Waals surface area (Å²) in [5, 5.41) is -1.71. The van der Waals surface area contributed by atoms with Gasteiger partial charge >= 0.3 is 0 Å². The van der Waals surface area contributed by atoms with E-state index in [1.54, 1.807) is 0 Å². The Bertz CT molecular complexity index is 459. The van der Waals surface area contributed by atoms with E-state index in [2.05, 4.69) is 0 Å². The summed E-state index contributed by atoms with van der Waals surface area (Å²) in [6, 6.07) is 0. The summed E-state index contributed by atoms with van der Waals surface area (Å²) >= 11 is 1.45. The van der Waals surface area contributed by atoms with E-state index in [0.29, 0.717) is 5.75 Å². The van der Waals surface area contributed by atoms with Gasteiger partial charge in [0, 0.05) is 30.9 Å². The molecule has 1 saturated heterocycles. The van der Waals surface area contributed by atoms with Crippen molar-refractivity contribution in [2.24, 2.45) is 5.73 Å². The Kier molecular flexibility index (Phi) is 4.87. The van der Waals surface area contributed by atoms with Gasteiger partial charge in [0.2, 0.25) is 10.0 Å². The van der Waals surface area contributed by atoms with Gasteiger partial charge in [-0.2, -0.15) is 16.1 Å². The molecule has 1 heterocycles. The molecule has 1 rings (SSSR count).